The minimum absolute atomic E-state index is 0. The average molecular weight is 346 g/mol. The van der Waals surface area contributed by atoms with Gasteiger partial charge in [-0.05, 0) is 18.6 Å². The van der Waals surface area contributed by atoms with Crippen LogP contribution in [0.5, 0.6) is 0 Å². The number of hydrogen-bond donors (Lipinski definition) is 1. The maximum absolute atomic E-state index is 12.4. The van der Waals surface area contributed by atoms with Crippen molar-refractivity contribution in [3.8, 4) is 0 Å². The molecule has 1 amide bonds. The number of rotatable bonds is 4. The number of thiazole rings is 1. The summed E-state index contributed by atoms with van der Waals surface area (Å²) in [5.41, 5.74) is 6.86. The molecule has 1 aromatic carbocycles. The van der Waals surface area contributed by atoms with E-state index in [1.54, 1.807) is 17.3 Å². The Hall–Kier alpha value is -1.14. The van der Waals surface area contributed by atoms with Gasteiger partial charge in [-0.1, -0.05) is 29.8 Å². The fraction of sp³-hybridized carbons (Fsp3) is 0.286. The number of nitrogens with two attached hydrogens (primary N) is 1. The largest absolute Gasteiger partial charge is 0.334 e. The highest BCUT2D eigenvalue weighted by Crippen LogP contribution is 2.27. The summed E-state index contributed by atoms with van der Waals surface area (Å²) in [6.45, 7) is 2.29. The van der Waals surface area contributed by atoms with Gasteiger partial charge in [0.05, 0.1) is 6.04 Å². The number of carbonyl (C=O) groups is 1. The first kappa shape index (κ1) is 17.9. The predicted molar refractivity (Wildman–Crippen MR) is 89.2 cm³/mol. The second-order valence-electron chi connectivity index (χ2n) is 4.44. The molecule has 1 aromatic heterocycles. The fourth-order valence-electron chi connectivity index (χ4n) is 1.88. The molecule has 0 aliphatic rings. The summed E-state index contributed by atoms with van der Waals surface area (Å²) in [6.07, 6.45) is 0. The van der Waals surface area contributed by atoms with Crippen LogP contribution in [0, 0.1) is 0 Å². The highest BCUT2D eigenvalue weighted by molar-refractivity contribution is 7.09. The Labute approximate surface area is 139 Å². The smallest absolute Gasteiger partial charge is 0.273 e. The van der Waals surface area contributed by atoms with Crippen LogP contribution in [0.15, 0.2) is 29.6 Å². The van der Waals surface area contributed by atoms with Crippen LogP contribution in [0.3, 0.4) is 0 Å². The molecule has 0 saturated carbocycles. The van der Waals surface area contributed by atoms with Gasteiger partial charge in [0, 0.05) is 24.0 Å². The van der Waals surface area contributed by atoms with Crippen LogP contribution in [0.2, 0.25) is 5.02 Å². The summed E-state index contributed by atoms with van der Waals surface area (Å²) in [5.74, 6) is -0.131. The van der Waals surface area contributed by atoms with Crippen LogP contribution in [0.4, 0.5) is 0 Å². The zero-order chi connectivity index (χ0) is 14.7. The van der Waals surface area contributed by atoms with E-state index in [9.17, 15) is 4.79 Å². The van der Waals surface area contributed by atoms with Gasteiger partial charge < -0.3 is 10.6 Å². The monoisotopic (exact) mass is 345 g/mol. The molecule has 2 N–H and O–H groups in total. The molecule has 0 radical (unpaired) electrons. The first-order valence-electron chi connectivity index (χ1n) is 6.20. The fourth-order valence-corrected chi connectivity index (χ4v) is 2.82. The van der Waals surface area contributed by atoms with E-state index in [0.29, 0.717) is 17.3 Å². The second kappa shape index (κ2) is 7.75. The molecule has 4 nitrogen and oxygen atoms in total. The van der Waals surface area contributed by atoms with Crippen LogP contribution in [0.25, 0.3) is 0 Å². The first-order chi connectivity index (χ1) is 9.54. The summed E-state index contributed by atoms with van der Waals surface area (Å²) < 4.78 is 0. The standard InChI is InChI=1S/C14H16ClN3OS.ClH/c1-9(10-5-3-4-6-11(10)15)18(2)14(19)12-8-20-13(7-16)17-12;/h3-6,8-9H,7,16H2,1-2H3;1H. The highest BCUT2D eigenvalue weighted by atomic mass is 35.5. The maximum atomic E-state index is 12.4. The molecular weight excluding hydrogens is 329 g/mol. The number of hydrogen-bond acceptors (Lipinski definition) is 4. The van der Waals surface area contributed by atoms with Crippen molar-refractivity contribution in [2.45, 2.75) is 19.5 Å². The Bertz CT molecular complexity index is 618. The van der Waals surface area contributed by atoms with Crippen molar-refractivity contribution in [2.24, 2.45) is 5.73 Å². The van der Waals surface area contributed by atoms with Gasteiger partial charge in [0.1, 0.15) is 10.7 Å². The highest BCUT2D eigenvalue weighted by Gasteiger charge is 2.22. The number of carbonyl (C=O) groups excluding carboxylic acids is 1. The van der Waals surface area contributed by atoms with Gasteiger partial charge in [0.2, 0.25) is 0 Å². The van der Waals surface area contributed by atoms with Crippen molar-refractivity contribution in [3.63, 3.8) is 0 Å². The van der Waals surface area contributed by atoms with Crippen LogP contribution < -0.4 is 5.73 Å². The summed E-state index contributed by atoms with van der Waals surface area (Å²) in [7, 11) is 1.75. The lowest BCUT2D eigenvalue weighted by Crippen LogP contribution is -2.30. The maximum Gasteiger partial charge on any atom is 0.273 e. The minimum Gasteiger partial charge on any atom is -0.334 e. The Kier molecular flexibility index (Phi) is 6.61. The lowest BCUT2D eigenvalue weighted by molar-refractivity contribution is 0.0737. The average Bonchev–Trinajstić information content (AvgIpc) is 2.94. The molecule has 114 valence electrons. The molecule has 0 aliphatic heterocycles. The second-order valence-corrected chi connectivity index (χ2v) is 5.79. The van der Waals surface area contributed by atoms with Crippen molar-refractivity contribution in [1.82, 2.24) is 9.88 Å². The third-order valence-corrected chi connectivity index (χ3v) is 4.42. The van der Waals surface area contributed by atoms with Gasteiger partial charge >= 0.3 is 0 Å². The Balaban J connectivity index is 0.00000220. The third-order valence-electron chi connectivity index (χ3n) is 3.20. The molecule has 2 aromatic rings. The lowest BCUT2D eigenvalue weighted by atomic mass is 10.1. The van der Waals surface area contributed by atoms with E-state index in [4.69, 9.17) is 17.3 Å². The third kappa shape index (κ3) is 3.95. The van der Waals surface area contributed by atoms with E-state index in [-0.39, 0.29) is 24.4 Å². The van der Waals surface area contributed by atoms with Crippen molar-refractivity contribution in [1.29, 1.82) is 0 Å². The van der Waals surface area contributed by atoms with E-state index in [1.165, 1.54) is 11.3 Å². The molecule has 0 spiro atoms. The number of halogens is 2. The predicted octanol–water partition coefficient (Wildman–Crippen LogP) is 3.51. The Morgan fingerprint density at radius 2 is 2.14 bits per heavy atom. The van der Waals surface area contributed by atoms with E-state index in [0.717, 1.165) is 10.6 Å². The Morgan fingerprint density at radius 3 is 2.71 bits per heavy atom. The van der Waals surface area contributed by atoms with E-state index in [1.807, 2.05) is 31.2 Å². The summed E-state index contributed by atoms with van der Waals surface area (Å²) in [4.78, 5) is 18.2. The van der Waals surface area contributed by atoms with Crippen LogP contribution in [0.1, 0.15) is 34.0 Å². The summed E-state index contributed by atoms with van der Waals surface area (Å²) >= 11 is 7.57. The van der Waals surface area contributed by atoms with Gasteiger partial charge in [-0.25, -0.2) is 4.98 Å². The lowest BCUT2D eigenvalue weighted by Gasteiger charge is -2.25. The van der Waals surface area contributed by atoms with Crippen LogP contribution in [-0.2, 0) is 6.54 Å². The molecule has 0 saturated heterocycles. The molecule has 0 fully saturated rings. The zero-order valence-corrected chi connectivity index (χ0v) is 14.1. The van der Waals surface area contributed by atoms with Gasteiger partial charge in [-0.15, -0.1) is 23.7 Å². The number of nitrogens with zero attached hydrogens (tertiary/aromatic N) is 2. The quantitative estimate of drug-likeness (QED) is 0.922. The number of aromatic nitrogens is 1. The first-order valence-corrected chi connectivity index (χ1v) is 7.46. The number of amides is 1. The van der Waals surface area contributed by atoms with Gasteiger partial charge in [-0.2, -0.15) is 0 Å². The molecule has 7 heteroatoms. The topological polar surface area (TPSA) is 59.2 Å². The molecule has 21 heavy (non-hydrogen) atoms. The minimum atomic E-state index is -0.131. The Morgan fingerprint density at radius 1 is 1.48 bits per heavy atom. The summed E-state index contributed by atoms with van der Waals surface area (Å²) in [6, 6.07) is 7.39. The van der Waals surface area contributed by atoms with Crippen molar-refractivity contribution in [2.75, 3.05) is 7.05 Å². The summed E-state index contributed by atoms with van der Waals surface area (Å²) in [5, 5.41) is 3.15. The van der Waals surface area contributed by atoms with Crippen molar-refractivity contribution < 1.29 is 4.79 Å². The SMILES string of the molecule is CC(c1ccccc1Cl)N(C)C(=O)c1csc(CN)n1.Cl. The van der Waals surface area contributed by atoms with Crippen LogP contribution in [-0.4, -0.2) is 22.8 Å². The van der Waals surface area contributed by atoms with Crippen LogP contribution >= 0.6 is 35.3 Å². The van der Waals surface area contributed by atoms with E-state index >= 15 is 0 Å². The zero-order valence-electron chi connectivity index (χ0n) is 11.7. The molecular formula is C14H17Cl2N3OS. The van der Waals surface area contributed by atoms with Gasteiger partial charge in [0.15, 0.2) is 0 Å². The van der Waals surface area contributed by atoms with Crippen molar-refractivity contribution >= 4 is 41.3 Å². The molecule has 0 bridgehead atoms. The molecule has 1 unspecified atom stereocenters. The number of benzene rings is 1. The van der Waals surface area contributed by atoms with Crippen molar-refractivity contribution in [3.05, 3.63) is 50.9 Å². The van der Waals surface area contributed by atoms with Gasteiger partial charge in [-0.3, -0.25) is 4.79 Å². The molecule has 2 rings (SSSR count). The van der Waals surface area contributed by atoms with Gasteiger partial charge in [0.25, 0.3) is 5.91 Å². The normalized spacial score (nSPS) is 11.6. The molecule has 1 heterocycles. The molecule has 1 atom stereocenters. The van der Waals surface area contributed by atoms with E-state index in [2.05, 4.69) is 4.98 Å². The molecule has 0 aliphatic carbocycles. The van der Waals surface area contributed by atoms with E-state index < -0.39 is 0 Å².